The Kier molecular flexibility index (Phi) is 5.59. The fourth-order valence-electron chi connectivity index (χ4n) is 4.29. The van der Waals surface area contributed by atoms with Crippen molar-refractivity contribution in [3.05, 3.63) is 62.5 Å². The van der Waals surface area contributed by atoms with Crippen LogP contribution in [0.4, 0.5) is 5.69 Å². The molecule has 1 heterocycles. The van der Waals surface area contributed by atoms with Crippen LogP contribution in [-0.2, 0) is 14.3 Å². The first-order chi connectivity index (χ1) is 13.7. The van der Waals surface area contributed by atoms with Gasteiger partial charge in [0.15, 0.2) is 5.78 Å². The van der Waals surface area contributed by atoms with E-state index in [1.54, 1.807) is 25.1 Å². The van der Waals surface area contributed by atoms with E-state index in [4.69, 9.17) is 4.74 Å². The second-order valence-corrected chi connectivity index (χ2v) is 8.17. The maximum atomic E-state index is 13.2. The van der Waals surface area contributed by atoms with Crippen LogP contribution in [0.1, 0.15) is 58.4 Å². The van der Waals surface area contributed by atoms with Crippen molar-refractivity contribution in [2.24, 2.45) is 5.41 Å². The van der Waals surface area contributed by atoms with Gasteiger partial charge in [0.2, 0.25) is 0 Å². The number of nitrogens with zero attached hydrogens (tertiary/aromatic N) is 1. The topological polar surface area (TPSA) is 98.5 Å². The minimum absolute atomic E-state index is 0.0937. The lowest BCUT2D eigenvalue weighted by atomic mass is 9.68. The number of ketones is 1. The molecule has 3 rings (SSSR count). The number of para-hydroxylation sites is 1. The average Bonchev–Trinajstić information content (AvgIpc) is 2.65. The summed E-state index contributed by atoms with van der Waals surface area (Å²) in [6.45, 7) is 7.83. The van der Waals surface area contributed by atoms with Crippen molar-refractivity contribution in [3.8, 4) is 0 Å². The number of nitro benzene ring substituents is 1. The van der Waals surface area contributed by atoms with E-state index >= 15 is 0 Å². The first kappa shape index (κ1) is 20.8. The Hall–Kier alpha value is -2.96. The lowest BCUT2D eigenvalue weighted by molar-refractivity contribution is -0.385. The molecule has 0 saturated heterocycles. The number of hydrogen-bond donors (Lipinski definition) is 1. The monoisotopic (exact) mass is 398 g/mol. The third-order valence-corrected chi connectivity index (χ3v) is 5.42. The Bertz CT molecular complexity index is 942. The normalized spacial score (nSPS) is 20.8. The molecule has 1 aromatic rings. The SMILES string of the molecule is CCOC(=O)C1=C(CC)NC2=C(C(=O)CC(C)(C)C2)[C@@H]1c1ccccc1[N+](=O)[O-]. The minimum atomic E-state index is -0.814. The molecule has 1 aliphatic carbocycles. The van der Waals surface area contributed by atoms with Gasteiger partial charge in [-0.05, 0) is 25.2 Å². The molecule has 0 fully saturated rings. The molecule has 0 unspecified atom stereocenters. The smallest absolute Gasteiger partial charge is 0.336 e. The zero-order chi connectivity index (χ0) is 21.3. The number of rotatable bonds is 5. The first-order valence-electron chi connectivity index (χ1n) is 9.87. The lowest BCUT2D eigenvalue weighted by Crippen LogP contribution is -2.39. The molecular formula is C22H26N2O5. The number of hydrogen-bond acceptors (Lipinski definition) is 6. The first-order valence-corrected chi connectivity index (χ1v) is 9.87. The third-order valence-electron chi connectivity index (χ3n) is 5.42. The Balaban J connectivity index is 2.29. The number of esters is 1. The summed E-state index contributed by atoms with van der Waals surface area (Å²) in [7, 11) is 0. The minimum Gasteiger partial charge on any atom is -0.463 e. The van der Waals surface area contributed by atoms with E-state index in [2.05, 4.69) is 5.32 Å². The van der Waals surface area contributed by atoms with Gasteiger partial charge in [0.25, 0.3) is 5.69 Å². The average molecular weight is 398 g/mol. The molecule has 1 aromatic carbocycles. The predicted molar refractivity (Wildman–Crippen MR) is 108 cm³/mol. The second kappa shape index (κ2) is 7.81. The van der Waals surface area contributed by atoms with E-state index in [0.717, 1.165) is 5.70 Å². The number of carbonyl (C=O) groups excluding carboxylic acids is 2. The molecule has 2 aliphatic rings. The van der Waals surface area contributed by atoms with E-state index in [1.807, 2.05) is 20.8 Å². The highest BCUT2D eigenvalue weighted by molar-refractivity contribution is 6.04. The lowest BCUT2D eigenvalue weighted by Gasteiger charge is -2.39. The maximum Gasteiger partial charge on any atom is 0.336 e. The van der Waals surface area contributed by atoms with Gasteiger partial charge in [-0.2, -0.15) is 0 Å². The van der Waals surface area contributed by atoms with Crippen molar-refractivity contribution < 1.29 is 19.2 Å². The molecule has 0 saturated carbocycles. The van der Waals surface area contributed by atoms with E-state index in [9.17, 15) is 19.7 Å². The highest BCUT2D eigenvalue weighted by Gasteiger charge is 2.45. The van der Waals surface area contributed by atoms with Gasteiger partial charge < -0.3 is 10.1 Å². The Morgan fingerprint density at radius 1 is 1.28 bits per heavy atom. The number of nitro groups is 1. The van der Waals surface area contributed by atoms with E-state index in [0.29, 0.717) is 36.1 Å². The molecule has 0 aromatic heterocycles. The van der Waals surface area contributed by atoms with Crippen LogP contribution in [0.15, 0.2) is 46.8 Å². The fourth-order valence-corrected chi connectivity index (χ4v) is 4.29. The highest BCUT2D eigenvalue weighted by atomic mass is 16.6. The van der Waals surface area contributed by atoms with Crippen molar-refractivity contribution in [1.29, 1.82) is 0 Å². The van der Waals surface area contributed by atoms with Crippen LogP contribution in [0.2, 0.25) is 0 Å². The second-order valence-electron chi connectivity index (χ2n) is 8.17. The summed E-state index contributed by atoms with van der Waals surface area (Å²) in [5.41, 5.74) is 2.13. The van der Waals surface area contributed by atoms with Gasteiger partial charge in [0.1, 0.15) is 0 Å². The van der Waals surface area contributed by atoms with Crippen LogP contribution >= 0.6 is 0 Å². The molecule has 7 heteroatoms. The molecule has 7 nitrogen and oxygen atoms in total. The van der Waals surface area contributed by atoms with Crippen LogP contribution in [0.25, 0.3) is 0 Å². The maximum absolute atomic E-state index is 13.2. The zero-order valence-corrected chi connectivity index (χ0v) is 17.2. The van der Waals surface area contributed by atoms with Crippen LogP contribution in [-0.4, -0.2) is 23.3 Å². The molecule has 0 bridgehead atoms. The summed E-state index contributed by atoms with van der Waals surface area (Å²) in [6.07, 6.45) is 1.46. The summed E-state index contributed by atoms with van der Waals surface area (Å²) in [5, 5.41) is 15.0. The molecule has 29 heavy (non-hydrogen) atoms. The zero-order valence-electron chi connectivity index (χ0n) is 17.2. The molecule has 1 atom stereocenters. The number of Topliss-reactive ketones (excluding diaryl/α,β-unsaturated/α-hetero) is 1. The number of nitrogens with one attached hydrogen (secondary N) is 1. The van der Waals surface area contributed by atoms with Crippen LogP contribution in [0, 0.1) is 15.5 Å². The Morgan fingerprint density at radius 2 is 1.97 bits per heavy atom. The molecular weight excluding hydrogens is 372 g/mol. The number of ether oxygens (including phenoxy) is 1. The van der Waals surface area contributed by atoms with Gasteiger partial charge in [0, 0.05) is 35.0 Å². The molecule has 0 amide bonds. The third kappa shape index (κ3) is 3.81. The summed E-state index contributed by atoms with van der Waals surface area (Å²) < 4.78 is 5.28. The number of allylic oxidation sites excluding steroid dienone is 3. The Morgan fingerprint density at radius 3 is 2.59 bits per heavy atom. The van der Waals surface area contributed by atoms with Gasteiger partial charge >= 0.3 is 5.97 Å². The summed E-state index contributed by atoms with van der Waals surface area (Å²) in [6, 6.07) is 6.30. The van der Waals surface area contributed by atoms with Crippen molar-refractivity contribution in [1.82, 2.24) is 5.32 Å². The summed E-state index contributed by atoms with van der Waals surface area (Å²) in [5.74, 6) is -1.46. The van der Waals surface area contributed by atoms with Crippen LogP contribution in [0.5, 0.6) is 0 Å². The van der Waals surface area contributed by atoms with Crippen LogP contribution in [0.3, 0.4) is 0 Å². The van der Waals surface area contributed by atoms with Gasteiger partial charge in [-0.1, -0.05) is 39.0 Å². The highest BCUT2D eigenvalue weighted by Crippen LogP contribution is 2.48. The van der Waals surface area contributed by atoms with Crippen LogP contribution < -0.4 is 5.32 Å². The van der Waals surface area contributed by atoms with E-state index in [-0.39, 0.29) is 29.1 Å². The van der Waals surface area contributed by atoms with E-state index < -0.39 is 16.8 Å². The molecule has 0 radical (unpaired) electrons. The van der Waals surface area contributed by atoms with Gasteiger partial charge in [0.05, 0.1) is 23.0 Å². The molecule has 1 aliphatic heterocycles. The number of carbonyl (C=O) groups is 2. The van der Waals surface area contributed by atoms with Crippen molar-refractivity contribution in [2.75, 3.05) is 6.61 Å². The van der Waals surface area contributed by atoms with Crippen molar-refractivity contribution >= 4 is 17.4 Å². The molecule has 154 valence electrons. The van der Waals surface area contributed by atoms with Crippen molar-refractivity contribution in [2.45, 2.75) is 52.9 Å². The van der Waals surface area contributed by atoms with Gasteiger partial charge in [-0.25, -0.2) is 4.79 Å². The number of dihydropyridines is 1. The Labute approximate surface area is 170 Å². The summed E-state index contributed by atoms with van der Waals surface area (Å²) >= 11 is 0. The number of benzene rings is 1. The fraction of sp³-hybridized carbons (Fsp3) is 0.455. The summed E-state index contributed by atoms with van der Waals surface area (Å²) in [4.78, 5) is 37.4. The van der Waals surface area contributed by atoms with Gasteiger partial charge in [-0.3, -0.25) is 14.9 Å². The van der Waals surface area contributed by atoms with Gasteiger partial charge in [-0.15, -0.1) is 0 Å². The van der Waals surface area contributed by atoms with E-state index in [1.165, 1.54) is 6.07 Å². The molecule has 1 N–H and O–H groups in total. The molecule has 0 spiro atoms. The van der Waals surface area contributed by atoms with Crippen molar-refractivity contribution in [3.63, 3.8) is 0 Å². The standard InChI is InChI=1S/C22H26N2O5/c1-5-14-20(21(26)29-6-2)18(13-9-7-8-10-16(13)24(27)28)19-15(23-14)11-22(3,4)12-17(19)25/h7-10,18,23H,5-6,11-12H2,1-4H3/t18-/m0/s1. The quantitative estimate of drug-likeness (QED) is 0.454. The predicted octanol–water partition coefficient (Wildman–Crippen LogP) is 4.15. The largest absolute Gasteiger partial charge is 0.463 e.